The van der Waals surface area contributed by atoms with E-state index in [0.717, 1.165) is 17.9 Å². The SMILES string of the molecule is CCc1ccccc1C(Br)Cc1ccc(Cl)cc1. The van der Waals surface area contributed by atoms with Crippen molar-refractivity contribution < 1.29 is 0 Å². The first kappa shape index (κ1) is 13.6. The molecule has 1 unspecified atom stereocenters. The number of hydrogen-bond donors (Lipinski definition) is 0. The van der Waals surface area contributed by atoms with E-state index in [1.165, 1.54) is 16.7 Å². The van der Waals surface area contributed by atoms with E-state index in [0.29, 0.717) is 4.83 Å². The molecule has 0 radical (unpaired) electrons. The van der Waals surface area contributed by atoms with Gasteiger partial charge in [-0.15, -0.1) is 0 Å². The summed E-state index contributed by atoms with van der Waals surface area (Å²) in [5.74, 6) is 0. The van der Waals surface area contributed by atoms with Gasteiger partial charge in [-0.05, 0) is 41.7 Å². The van der Waals surface area contributed by atoms with Gasteiger partial charge in [0.2, 0.25) is 0 Å². The second kappa shape index (κ2) is 6.40. The van der Waals surface area contributed by atoms with Crippen molar-refractivity contribution in [3.05, 3.63) is 70.2 Å². The fraction of sp³-hybridized carbons (Fsp3) is 0.250. The molecular formula is C16H16BrCl. The van der Waals surface area contributed by atoms with E-state index in [1.54, 1.807) is 0 Å². The van der Waals surface area contributed by atoms with E-state index in [4.69, 9.17) is 11.6 Å². The van der Waals surface area contributed by atoms with E-state index in [1.807, 2.05) is 12.1 Å². The molecule has 2 rings (SSSR count). The summed E-state index contributed by atoms with van der Waals surface area (Å²) in [7, 11) is 0. The van der Waals surface area contributed by atoms with Gasteiger partial charge in [0, 0.05) is 9.85 Å². The summed E-state index contributed by atoms with van der Waals surface area (Å²) in [4.78, 5) is 0.356. The summed E-state index contributed by atoms with van der Waals surface area (Å²) in [5, 5.41) is 0.791. The summed E-state index contributed by atoms with van der Waals surface area (Å²) < 4.78 is 0. The topological polar surface area (TPSA) is 0 Å². The maximum absolute atomic E-state index is 5.90. The molecule has 1 atom stereocenters. The Morgan fingerprint density at radius 2 is 1.72 bits per heavy atom. The number of hydrogen-bond acceptors (Lipinski definition) is 0. The molecule has 0 aliphatic rings. The number of halogens is 2. The summed E-state index contributed by atoms with van der Waals surface area (Å²) >= 11 is 9.70. The molecule has 0 heterocycles. The number of alkyl halides is 1. The molecule has 94 valence electrons. The van der Waals surface area contributed by atoms with Crippen LogP contribution in [-0.4, -0.2) is 0 Å². The molecule has 2 aromatic carbocycles. The van der Waals surface area contributed by atoms with Crippen molar-refractivity contribution in [1.82, 2.24) is 0 Å². The third-order valence-electron chi connectivity index (χ3n) is 3.10. The van der Waals surface area contributed by atoms with Gasteiger partial charge in [0.25, 0.3) is 0 Å². The largest absolute Gasteiger partial charge is 0.0843 e. The van der Waals surface area contributed by atoms with Crippen molar-refractivity contribution in [1.29, 1.82) is 0 Å². The highest BCUT2D eigenvalue weighted by Gasteiger charge is 2.11. The smallest absolute Gasteiger partial charge is 0.0438 e. The monoisotopic (exact) mass is 322 g/mol. The molecule has 0 N–H and O–H groups in total. The summed E-state index contributed by atoms with van der Waals surface area (Å²) in [6.45, 7) is 2.20. The lowest BCUT2D eigenvalue weighted by Crippen LogP contribution is -1.99. The minimum absolute atomic E-state index is 0.356. The van der Waals surface area contributed by atoms with Crippen molar-refractivity contribution in [3.63, 3.8) is 0 Å². The zero-order chi connectivity index (χ0) is 13.0. The molecule has 0 nitrogen and oxygen atoms in total. The number of rotatable bonds is 4. The Hall–Kier alpha value is -0.790. The predicted octanol–water partition coefficient (Wildman–Crippen LogP) is 5.58. The minimum Gasteiger partial charge on any atom is -0.0843 e. The van der Waals surface area contributed by atoms with E-state index in [2.05, 4.69) is 59.3 Å². The van der Waals surface area contributed by atoms with Gasteiger partial charge < -0.3 is 0 Å². The van der Waals surface area contributed by atoms with Gasteiger partial charge >= 0.3 is 0 Å². The van der Waals surface area contributed by atoms with Crippen LogP contribution in [0.25, 0.3) is 0 Å². The average Bonchev–Trinajstić information content (AvgIpc) is 2.41. The van der Waals surface area contributed by atoms with Crippen molar-refractivity contribution in [3.8, 4) is 0 Å². The van der Waals surface area contributed by atoms with Crippen molar-refractivity contribution in [2.24, 2.45) is 0 Å². The van der Waals surface area contributed by atoms with Gasteiger partial charge in [-0.1, -0.05) is 70.9 Å². The van der Waals surface area contributed by atoms with E-state index in [-0.39, 0.29) is 0 Å². The fourth-order valence-electron chi connectivity index (χ4n) is 2.10. The number of benzene rings is 2. The molecule has 0 fully saturated rings. The highest BCUT2D eigenvalue weighted by atomic mass is 79.9. The van der Waals surface area contributed by atoms with E-state index < -0.39 is 0 Å². The molecule has 0 amide bonds. The quantitative estimate of drug-likeness (QED) is 0.644. The predicted molar refractivity (Wildman–Crippen MR) is 82.6 cm³/mol. The number of aryl methyl sites for hydroxylation is 1. The molecular weight excluding hydrogens is 308 g/mol. The third kappa shape index (κ3) is 3.37. The first-order valence-corrected chi connectivity index (χ1v) is 7.46. The van der Waals surface area contributed by atoms with Crippen LogP contribution in [0.15, 0.2) is 48.5 Å². The standard InChI is InChI=1S/C16H16BrCl/c1-2-13-5-3-4-6-15(13)16(17)11-12-7-9-14(18)10-8-12/h3-10,16H,2,11H2,1H3. The highest BCUT2D eigenvalue weighted by Crippen LogP contribution is 2.30. The van der Waals surface area contributed by atoms with Crippen molar-refractivity contribution in [2.75, 3.05) is 0 Å². The first-order valence-electron chi connectivity index (χ1n) is 6.17. The van der Waals surface area contributed by atoms with Crippen LogP contribution in [0.4, 0.5) is 0 Å². The van der Waals surface area contributed by atoms with E-state index in [9.17, 15) is 0 Å². The van der Waals surface area contributed by atoms with Gasteiger partial charge in [0.05, 0.1) is 0 Å². The lowest BCUT2D eigenvalue weighted by molar-refractivity contribution is 0.921. The molecule has 2 aromatic rings. The Kier molecular flexibility index (Phi) is 4.85. The van der Waals surface area contributed by atoms with Crippen LogP contribution in [0.5, 0.6) is 0 Å². The Morgan fingerprint density at radius 1 is 1.06 bits per heavy atom. The van der Waals surface area contributed by atoms with Gasteiger partial charge in [0.15, 0.2) is 0 Å². The zero-order valence-corrected chi connectivity index (χ0v) is 12.7. The Morgan fingerprint density at radius 3 is 2.39 bits per heavy atom. The molecule has 0 aliphatic heterocycles. The summed E-state index contributed by atoms with van der Waals surface area (Å²) in [6, 6.07) is 16.7. The van der Waals surface area contributed by atoms with Gasteiger partial charge in [-0.2, -0.15) is 0 Å². The second-order valence-corrected chi connectivity index (χ2v) is 5.89. The summed E-state index contributed by atoms with van der Waals surface area (Å²) in [6.07, 6.45) is 2.05. The van der Waals surface area contributed by atoms with Crippen LogP contribution in [0.3, 0.4) is 0 Å². The van der Waals surface area contributed by atoms with Gasteiger partial charge in [0.1, 0.15) is 0 Å². The van der Waals surface area contributed by atoms with Crippen LogP contribution in [0.2, 0.25) is 5.02 Å². The molecule has 0 aliphatic carbocycles. The van der Waals surface area contributed by atoms with Crippen LogP contribution < -0.4 is 0 Å². The molecule has 18 heavy (non-hydrogen) atoms. The zero-order valence-electron chi connectivity index (χ0n) is 10.4. The van der Waals surface area contributed by atoms with Crippen LogP contribution >= 0.6 is 27.5 Å². The minimum atomic E-state index is 0.356. The molecule has 0 bridgehead atoms. The molecule has 0 spiro atoms. The summed E-state index contributed by atoms with van der Waals surface area (Å²) in [5.41, 5.74) is 4.09. The average molecular weight is 324 g/mol. The highest BCUT2D eigenvalue weighted by molar-refractivity contribution is 9.09. The molecule has 0 aromatic heterocycles. The van der Waals surface area contributed by atoms with Gasteiger partial charge in [-0.25, -0.2) is 0 Å². The molecule has 2 heteroatoms. The lowest BCUT2D eigenvalue weighted by Gasteiger charge is -2.14. The maximum atomic E-state index is 5.90. The molecule has 0 saturated heterocycles. The maximum Gasteiger partial charge on any atom is 0.0438 e. The fourth-order valence-corrected chi connectivity index (χ4v) is 3.05. The Bertz CT molecular complexity index is 505. The second-order valence-electron chi connectivity index (χ2n) is 4.35. The normalized spacial score (nSPS) is 12.4. The Balaban J connectivity index is 2.16. The first-order chi connectivity index (χ1) is 8.70. The Labute approximate surface area is 122 Å². The van der Waals surface area contributed by atoms with Gasteiger partial charge in [-0.3, -0.25) is 0 Å². The van der Waals surface area contributed by atoms with Crippen LogP contribution in [0.1, 0.15) is 28.4 Å². The lowest BCUT2D eigenvalue weighted by atomic mass is 9.98. The molecule has 0 saturated carbocycles. The third-order valence-corrected chi connectivity index (χ3v) is 4.17. The van der Waals surface area contributed by atoms with Crippen molar-refractivity contribution in [2.45, 2.75) is 24.6 Å². The van der Waals surface area contributed by atoms with E-state index >= 15 is 0 Å². The van der Waals surface area contributed by atoms with Crippen LogP contribution in [-0.2, 0) is 12.8 Å². The van der Waals surface area contributed by atoms with Crippen molar-refractivity contribution >= 4 is 27.5 Å². The van der Waals surface area contributed by atoms with Crippen LogP contribution in [0, 0.1) is 0 Å².